The van der Waals surface area contributed by atoms with Gasteiger partial charge in [-0.15, -0.1) is 0 Å². The summed E-state index contributed by atoms with van der Waals surface area (Å²) >= 11 is 0. The second-order valence-corrected chi connectivity index (χ2v) is 7.85. The number of fused-ring (bicyclic) bond motifs is 6. The summed E-state index contributed by atoms with van der Waals surface area (Å²) in [5.74, 6) is 0.0767. The minimum absolute atomic E-state index is 0.293. The Kier molecular flexibility index (Phi) is 4.89. The van der Waals surface area contributed by atoms with Crippen LogP contribution in [0.15, 0.2) is 60.7 Å². The molecule has 5 rings (SSSR count). The van der Waals surface area contributed by atoms with E-state index in [1.54, 1.807) is 48.5 Å². The van der Waals surface area contributed by atoms with Crippen LogP contribution in [-0.2, 0) is 19.9 Å². The number of ether oxygens (including phenoxy) is 4. The maximum Gasteiger partial charge on any atom is 0.340 e. The molecule has 0 N–H and O–H groups in total. The number of benzene rings is 3. The van der Waals surface area contributed by atoms with Crippen molar-refractivity contribution < 1.29 is 33.3 Å². The maximum atomic E-state index is 12.9. The van der Waals surface area contributed by atoms with Crippen LogP contribution in [0.5, 0.6) is 23.0 Å². The molecule has 7 nitrogen and oxygen atoms in total. The summed E-state index contributed by atoms with van der Waals surface area (Å²) in [4.78, 5) is 36.3. The Morgan fingerprint density at radius 1 is 0.879 bits per heavy atom. The van der Waals surface area contributed by atoms with Crippen LogP contribution in [0, 0.1) is 0 Å². The summed E-state index contributed by atoms with van der Waals surface area (Å²) in [6.07, 6.45) is 0.962. The lowest BCUT2D eigenvalue weighted by molar-refractivity contribution is -0.134. The summed E-state index contributed by atoms with van der Waals surface area (Å²) in [6, 6.07) is 17.1. The van der Waals surface area contributed by atoms with E-state index in [1.165, 1.54) is 6.92 Å². The molecule has 0 amide bonds. The average Bonchev–Trinajstić information content (AvgIpc) is 3.06. The molecule has 2 aliphatic heterocycles. The molecule has 0 bridgehead atoms. The van der Waals surface area contributed by atoms with Gasteiger partial charge in [-0.3, -0.25) is 9.59 Å². The van der Waals surface area contributed by atoms with Gasteiger partial charge in [-0.25, -0.2) is 4.79 Å². The highest BCUT2D eigenvalue weighted by atomic mass is 16.6. The van der Waals surface area contributed by atoms with E-state index < -0.39 is 17.5 Å². The van der Waals surface area contributed by atoms with E-state index in [2.05, 4.69) is 0 Å². The molecule has 0 aliphatic carbocycles. The van der Waals surface area contributed by atoms with E-state index in [0.29, 0.717) is 58.1 Å². The van der Waals surface area contributed by atoms with Crippen LogP contribution in [0.2, 0.25) is 0 Å². The first kappa shape index (κ1) is 20.8. The number of carbonyl (C=O) groups excluding carboxylic acids is 3. The van der Waals surface area contributed by atoms with Crippen molar-refractivity contribution in [2.24, 2.45) is 0 Å². The lowest BCUT2D eigenvalue weighted by Crippen LogP contribution is -2.33. The molecule has 0 aromatic heterocycles. The van der Waals surface area contributed by atoms with Crippen LogP contribution < -0.4 is 14.2 Å². The van der Waals surface area contributed by atoms with Gasteiger partial charge < -0.3 is 18.9 Å². The highest BCUT2D eigenvalue weighted by molar-refractivity contribution is 5.97. The van der Waals surface area contributed by atoms with Crippen molar-refractivity contribution in [1.29, 1.82) is 0 Å². The first-order valence-electron chi connectivity index (χ1n) is 10.6. The Balaban J connectivity index is 1.70. The van der Waals surface area contributed by atoms with E-state index in [-0.39, 0.29) is 5.97 Å². The third kappa shape index (κ3) is 3.33. The van der Waals surface area contributed by atoms with Gasteiger partial charge in [-0.05, 0) is 36.8 Å². The smallest absolute Gasteiger partial charge is 0.340 e. The second-order valence-electron chi connectivity index (χ2n) is 7.85. The standard InChI is InChI=1S/C26H20O7/c1-3-6-24(28)31-17-10-12-21-23(14-17)32-22-13-16(30-15(2)27)9-11-20(22)26(21)19-8-5-4-7-18(19)25(29)33-26/h4-5,7-14H,3,6H2,1-2H3. The molecule has 0 saturated heterocycles. The highest BCUT2D eigenvalue weighted by Gasteiger charge is 2.53. The van der Waals surface area contributed by atoms with Crippen LogP contribution in [0.4, 0.5) is 0 Å². The quantitative estimate of drug-likeness (QED) is 0.418. The molecule has 1 unspecified atom stereocenters. The summed E-state index contributed by atoms with van der Waals surface area (Å²) in [6.45, 7) is 3.20. The van der Waals surface area contributed by atoms with Gasteiger partial charge in [-0.2, -0.15) is 0 Å². The van der Waals surface area contributed by atoms with Gasteiger partial charge >= 0.3 is 17.9 Å². The second kappa shape index (κ2) is 7.78. The number of rotatable bonds is 4. The maximum absolute atomic E-state index is 12.9. The molecule has 0 radical (unpaired) electrons. The molecule has 1 spiro atoms. The van der Waals surface area contributed by atoms with E-state index in [9.17, 15) is 14.4 Å². The number of esters is 3. The van der Waals surface area contributed by atoms with Crippen molar-refractivity contribution in [2.75, 3.05) is 0 Å². The summed E-state index contributed by atoms with van der Waals surface area (Å²) in [5, 5.41) is 0. The fourth-order valence-electron chi connectivity index (χ4n) is 4.32. The van der Waals surface area contributed by atoms with Gasteiger partial charge in [0.2, 0.25) is 0 Å². The van der Waals surface area contributed by atoms with E-state index in [1.807, 2.05) is 19.1 Å². The van der Waals surface area contributed by atoms with Crippen molar-refractivity contribution >= 4 is 17.9 Å². The van der Waals surface area contributed by atoms with Crippen molar-refractivity contribution in [2.45, 2.75) is 32.3 Å². The van der Waals surface area contributed by atoms with Crippen molar-refractivity contribution in [1.82, 2.24) is 0 Å². The number of hydrogen-bond donors (Lipinski definition) is 0. The monoisotopic (exact) mass is 444 g/mol. The Morgan fingerprint density at radius 3 is 2.15 bits per heavy atom. The van der Waals surface area contributed by atoms with E-state index >= 15 is 0 Å². The fraction of sp³-hybridized carbons (Fsp3) is 0.192. The average molecular weight is 444 g/mol. The summed E-state index contributed by atoms with van der Waals surface area (Å²) in [5.41, 5.74) is 1.08. The van der Waals surface area contributed by atoms with Crippen molar-refractivity contribution in [3.63, 3.8) is 0 Å². The zero-order valence-electron chi connectivity index (χ0n) is 18.0. The first-order chi connectivity index (χ1) is 15.9. The Labute approximate surface area is 189 Å². The highest BCUT2D eigenvalue weighted by Crippen LogP contribution is 2.57. The van der Waals surface area contributed by atoms with Gasteiger partial charge in [0.25, 0.3) is 0 Å². The van der Waals surface area contributed by atoms with Gasteiger partial charge in [-0.1, -0.05) is 25.1 Å². The Morgan fingerprint density at radius 2 is 1.52 bits per heavy atom. The van der Waals surface area contributed by atoms with E-state index in [0.717, 1.165) is 0 Å². The van der Waals surface area contributed by atoms with Gasteiger partial charge in [0.05, 0.1) is 5.56 Å². The molecule has 3 aromatic carbocycles. The topological polar surface area (TPSA) is 88.1 Å². The summed E-state index contributed by atoms with van der Waals surface area (Å²) < 4.78 is 22.9. The van der Waals surface area contributed by atoms with Crippen molar-refractivity contribution in [3.05, 3.63) is 82.9 Å². The van der Waals surface area contributed by atoms with Crippen LogP contribution in [0.3, 0.4) is 0 Å². The summed E-state index contributed by atoms with van der Waals surface area (Å²) in [7, 11) is 0. The normalized spacial score (nSPS) is 17.3. The molecule has 3 aromatic rings. The fourth-order valence-corrected chi connectivity index (χ4v) is 4.32. The van der Waals surface area contributed by atoms with Crippen molar-refractivity contribution in [3.8, 4) is 23.0 Å². The SMILES string of the molecule is CCCC(=O)Oc1ccc2c(c1)Oc1cc(OC(C)=O)ccc1C21OC(=O)c2ccccc21. The molecule has 7 heteroatoms. The first-order valence-corrected chi connectivity index (χ1v) is 10.6. The van der Waals surface area contributed by atoms with Crippen LogP contribution in [0.25, 0.3) is 0 Å². The third-order valence-corrected chi connectivity index (χ3v) is 5.60. The zero-order chi connectivity index (χ0) is 23.2. The Bertz CT molecular complexity index is 1310. The van der Waals surface area contributed by atoms with E-state index in [4.69, 9.17) is 18.9 Å². The van der Waals surface area contributed by atoms with Crippen LogP contribution in [-0.4, -0.2) is 17.9 Å². The lowest BCUT2D eigenvalue weighted by atomic mass is 9.77. The van der Waals surface area contributed by atoms with Crippen LogP contribution in [0.1, 0.15) is 53.7 Å². The number of carbonyl (C=O) groups is 3. The molecule has 2 aliphatic rings. The Hall–Kier alpha value is -4.13. The minimum Gasteiger partial charge on any atom is -0.456 e. The predicted octanol–water partition coefficient (Wildman–Crippen LogP) is 4.89. The van der Waals surface area contributed by atoms with Crippen LogP contribution >= 0.6 is 0 Å². The lowest BCUT2D eigenvalue weighted by Gasteiger charge is -2.36. The molecular weight excluding hydrogens is 424 g/mol. The molecular formula is C26H20O7. The zero-order valence-corrected chi connectivity index (χ0v) is 18.0. The molecule has 0 saturated carbocycles. The third-order valence-electron chi connectivity index (χ3n) is 5.60. The van der Waals surface area contributed by atoms with Gasteiger partial charge in [0.15, 0.2) is 5.60 Å². The number of hydrogen-bond acceptors (Lipinski definition) is 7. The molecule has 0 fully saturated rings. The largest absolute Gasteiger partial charge is 0.456 e. The molecule has 33 heavy (non-hydrogen) atoms. The molecule has 166 valence electrons. The molecule has 1 atom stereocenters. The molecule has 2 heterocycles. The van der Waals surface area contributed by atoms with Gasteiger partial charge in [0.1, 0.15) is 23.0 Å². The predicted molar refractivity (Wildman–Crippen MR) is 117 cm³/mol. The minimum atomic E-state index is -1.25. The van der Waals surface area contributed by atoms with Gasteiger partial charge in [0, 0.05) is 42.2 Å².